The number of carbonyl (C=O) groups is 2. The normalized spacial score (nSPS) is 14.2. The highest BCUT2D eigenvalue weighted by atomic mass is 16.3. The van der Waals surface area contributed by atoms with E-state index in [-0.39, 0.29) is 17.9 Å². The van der Waals surface area contributed by atoms with Crippen molar-refractivity contribution in [2.24, 2.45) is 5.41 Å². The molecule has 130 valence electrons. The monoisotopic (exact) mass is 330 g/mol. The van der Waals surface area contributed by atoms with Crippen molar-refractivity contribution < 1.29 is 14.0 Å². The van der Waals surface area contributed by atoms with Gasteiger partial charge in [-0.25, -0.2) is 0 Å². The van der Waals surface area contributed by atoms with Gasteiger partial charge in [0.25, 0.3) is 0 Å². The molecule has 0 saturated carbocycles. The lowest BCUT2D eigenvalue weighted by Gasteiger charge is -2.28. The molecule has 2 aromatic rings. The Kier molecular flexibility index (Phi) is 5.02. The maximum atomic E-state index is 12.6. The van der Waals surface area contributed by atoms with Crippen molar-refractivity contribution in [2.75, 3.05) is 7.05 Å². The summed E-state index contributed by atoms with van der Waals surface area (Å²) in [6, 6.07) is 8.88. The standard InChI is InChI=1S/C19H26N2O3/c1-12(20-18(23)19(3,4)5)17(22)21(6)13(2)16-11-14-9-7-8-10-15(14)24-16/h7-13H,1-6H3,(H,20,23). The van der Waals surface area contributed by atoms with Crippen molar-refractivity contribution in [3.8, 4) is 0 Å². The highest BCUT2D eigenvalue weighted by molar-refractivity contribution is 5.89. The summed E-state index contributed by atoms with van der Waals surface area (Å²) < 4.78 is 5.83. The number of fused-ring (bicyclic) bond motifs is 1. The van der Waals surface area contributed by atoms with E-state index in [4.69, 9.17) is 4.42 Å². The second-order valence-corrected chi connectivity index (χ2v) is 7.26. The lowest BCUT2D eigenvalue weighted by Crippen LogP contribution is -2.49. The first-order chi connectivity index (χ1) is 11.1. The van der Waals surface area contributed by atoms with E-state index in [1.807, 2.05) is 58.0 Å². The quantitative estimate of drug-likeness (QED) is 0.933. The molecule has 1 aromatic carbocycles. The molecule has 5 nitrogen and oxygen atoms in total. The molecule has 0 radical (unpaired) electrons. The number of furan rings is 1. The van der Waals surface area contributed by atoms with E-state index in [0.717, 1.165) is 16.7 Å². The summed E-state index contributed by atoms with van der Waals surface area (Å²) in [5, 5.41) is 3.78. The molecule has 1 heterocycles. The molecule has 0 saturated heterocycles. The van der Waals surface area contributed by atoms with E-state index < -0.39 is 11.5 Å². The summed E-state index contributed by atoms with van der Waals surface area (Å²) in [7, 11) is 1.72. The van der Waals surface area contributed by atoms with E-state index in [9.17, 15) is 9.59 Å². The van der Waals surface area contributed by atoms with Crippen molar-refractivity contribution in [1.29, 1.82) is 0 Å². The number of benzene rings is 1. The molecular formula is C19H26N2O3. The molecule has 1 aromatic heterocycles. The zero-order chi connectivity index (χ0) is 18.1. The fraction of sp³-hybridized carbons (Fsp3) is 0.474. The molecule has 24 heavy (non-hydrogen) atoms. The average molecular weight is 330 g/mol. The Bertz CT molecular complexity index is 709. The smallest absolute Gasteiger partial charge is 0.245 e. The molecule has 2 rings (SSSR count). The second kappa shape index (κ2) is 6.67. The van der Waals surface area contributed by atoms with Crippen LogP contribution in [0.4, 0.5) is 0 Å². The zero-order valence-electron chi connectivity index (χ0n) is 15.2. The Morgan fingerprint density at radius 3 is 2.38 bits per heavy atom. The number of amides is 2. The van der Waals surface area contributed by atoms with Crippen LogP contribution in [0.2, 0.25) is 0 Å². The topological polar surface area (TPSA) is 62.6 Å². The Labute approximate surface area is 143 Å². The first-order valence-corrected chi connectivity index (χ1v) is 8.17. The lowest BCUT2D eigenvalue weighted by molar-refractivity contribution is -0.138. The Hall–Kier alpha value is -2.30. The highest BCUT2D eigenvalue weighted by Gasteiger charge is 2.29. The van der Waals surface area contributed by atoms with Crippen LogP contribution >= 0.6 is 0 Å². The molecule has 0 aliphatic rings. The van der Waals surface area contributed by atoms with E-state index >= 15 is 0 Å². The summed E-state index contributed by atoms with van der Waals surface area (Å²) in [6.45, 7) is 9.07. The lowest BCUT2D eigenvalue weighted by atomic mass is 9.95. The van der Waals surface area contributed by atoms with Gasteiger partial charge in [0.1, 0.15) is 17.4 Å². The fourth-order valence-electron chi connectivity index (χ4n) is 2.37. The van der Waals surface area contributed by atoms with Crippen LogP contribution in [0, 0.1) is 5.41 Å². The minimum absolute atomic E-state index is 0.145. The van der Waals surface area contributed by atoms with Crippen LogP contribution < -0.4 is 5.32 Å². The molecule has 5 heteroatoms. The Morgan fingerprint density at radius 2 is 1.79 bits per heavy atom. The number of para-hydroxylation sites is 1. The van der Waals surface area contributed by atoms with Gasteiger partial charge in [-0.1, -0.05) is 39.0 Å². The van der Waals surface area contributed by atoms with Gasteiger partial charge in [0, 0.05) is 17.8 Å². The third-order valence-corrected chi connectivity index (χ3v) is 4.18. The number of rotatable bonds is 4. The van der Waals surface area contributed by atoms with Gasteiger partial charge in [-0.2, -0.15) is 0 Å². The fourth-order valence-corrected chi connectivity index (χ4v) is 2.37. The molecule has 2 unspecified atom stereocenters. The zero-order valence-corrected chi connectivity index (χ0v) is 15.2. The van der Waals surface area contributed by atoms with E-state index in [2.05, 4.69) is 5.32 Å². The van der Waals surface area contributed by atoms with E-state index in [0.29, 0.717) is 0 Å². The van der Waals surface area contributed by atoms with Crippen LogP contribution in [0.25, 0.3) is 11.0 Å². The van der Waals surface area contributed by atoms with Crippen molar-refractivity contribution in [2.45, 2.75) is 46.7 Å². The summed E-state index contributed by atoms with van der Waals surface area (Å²) in [5.74, 6) is 0.426. The Balaban J connectivity index is 2.10. The predicted molar refractivity (Wildman–Crippen MR) is 94.5 cm³/mol. The van der Waals surface area contributed by atoms with Crippen LogP contribution in [0.3, 0.4) is 0 Å². The molecular weight excluding hydrogens is 304 g/mol. The van der Waals surface area contributed by atoms with Crippen molar-refractivity contribution in [1.82, 2.24) is 10.2 Å². The van der Waals surface area contributed by atoms with Crippen molar-refractivity contribution >= 4 is 22.8 Å². The minimum atomic E-state index is -0.589. The third kappa shape index (κ3) is 3.78. The summed E-state index contributed by atoms with van der Waals surface area (Å²) in [4.78, 5) is 26.3. The summed E-state index contributed by atoms with van der Waals surface area (Å²) in [5.41, 5.74) is 0.270. The van der Waals surface area contributed by atoms with Gasteiger partial charge in [-0.3, -0.25) is 9.59 Å². The number of nitrogens with zero attached hydrogens (tertiary/aromatic N) is 1. The number of likely N-dealkylation sites (N-methyl/N-ethyl adjacent to an activating group) is 1. The average Bonchev–Trinajstić information content (AvgIpc) is 2.95. The highest BCUT2D eigenvalue weighted by Crippen LogP contribution is 2.27. The number of hydrogen-bond acceptors (Lipinski definition) is 3. The molecule has 0 aliphatic heterocycles. The molecule has 2 amide bonds. The van der Waals surface area contributed by atoms with Gasteiger partial charge in [0.15, 0.2) is 0 Å². The van der Waals surface area contributed by atoms with Crippen molar-refractivity contribution in [3.63, 3.8) is 0 Å². The van der Waals surface area contributed by atoms with E-state index in [1.165, 1.54) is 0 Å². The first kappa shape index (κ1) is 18.0. The maximum Gasteiger partial charge on any atom is 0.245 e. The van der Waals surface area contributed by atoms with Gasteiger partial charge >= 0.3 is 0 Å². The molecule has 0 aliphatic carbocycles. The predicted octanol–water partition coefficient (Wildman–Crippen LogP) is 3.50. The van der Waals surface area contributed by atoms with E-state index in [1.54, 1.807) is 18.9 Å². The molecule has 1 N–H and O–H groups in total. The summed E-state index contributed by atoms with van der Waals surface area (Å²) in [6.07, 6.45) is 0. The maximum absolute atomic E-state index is 12.6. The van der Waals surface area contributed by atoms with Gasteiger partial charge in [0.05, 0.1) is 6.04 Å². The number of carbonyl (C=O) groups excluding carboxylic acids is 2. The van der Waals surface area contributed by atoms with Gasteiger partial charge < -0.3 is 14.6 Å². The number of nitrogens with one attached hydrogen (secondary N) is 1. The van der Waals surface area contributed by atoms with Gasteiger partial charge in [-0.15, -0.1) is 0 Å². The SMILES string of the molecule is CC(NC(=O)C(C)(C)C)C(=O)N(C)C(C)c1cc2ccccc2o1. The molecule has 0 fully saturated rings. The first-order valence-electron chi connectivity index (χ1n) is 8.17. The van der Waals surface area contributed by atoms with Gasteiger partial charge in [-0.05, 0) is 26.0 Å². The second-order valence-electron chi connectivity index (χ2n) is 7.26. The molecule has 0 spiro atoms. The van der Waals surface area contributed by atoms with Crippen LogP contribution in [0.5, 0.6) is 0 Å². The largest absolute Gasteiger partial charge is 0.459 e. The molecule has 2 atom stereocenters. The van der Waals surface area contributed by atoms with Crippen LogP contribution in [0.1, 0.15) is 46.4 Å². The summed E-state index contributed by atoms with van der Waals surface area (Å²) >= 11 is 0. The van der Waals surface area contributed by atoms with Crippen LogP contribution in [0.15, 0.2) is 34.7 Å². The minimum Gasteiger partial charge on any atom is -0.459 e. The molecule has 0 bridgehead atoms. The van der Waals surface area contributed by atoms with Crippen LogP contribution in [-0.2, 0) is 9.59 Å². The van der Waals surface area contributed by atoms with Gasteiger partial charge in [0.2, 0.25) is 11.8 Å². The Morgan fingerprint density at radius 1 is 1.17 bits per heavy atom. The van der Waals surface area contributed by atoms with Crippen LogP contribution in [-0.4, -0.2) is 29.8 Å². The number of hydrogen-bond donors (Lipinski definition) is 1. The van der Waals surface area contributed by atoms with Crippen molar-refractivity contribution in [3.05, 3.63) is 36.1 Å². The third-order valence-electron chi connectivity index (χ3n) is 4.18.